The van der Waals surface area contributed by atoms with Gasteiger partial charge in [-0.15, -0.1) is 11.3 Å². The number of halogens is 1. The van der Waals surface area contributed by atoms with Crippen molar-refractivity contribution in [3.63, 3.8) is 0 Å². The van der Waals surface area contributed by atoms with Crippen LogP contribution in [0.15, 0.2) is 24.3 Å². The highest BCUT2D eigenvalue weighted by atomic mass is 35.5. The second-order valence-corrected chi connectivity index (χ2v) is 6.52. The first-order chi connectivity index (χ1) is 11.4. The van der Waals surface area contributed by atoms with Crippen LogP contribution in [0.4, 0.5) is 5.69 Å². The van der Waals surface area contributed by atoms with Crippen LogP contribution in [0.1, 0.15) is 14.5 Å². The van der Waals surface area contributed by atoms with Crippen LogP contribution in [-0.2, 0) is 4.79 Å². The number of anilines is 1. The molecule has 2 N–H and O–H groups in total. The van der Waals surface area contributed by atoms with Crippen LogP contribution in [0.3, 0.4) is 0 Å². The molecule has 0 aliphatic rings. The summed E-state index contributed by atoms with van der Waals surface area (Å²) in [5.74, 6) is 0.164. The Kier molecular flexibility index (Phi) is 6.05. The SMILES string of the molecule is COc1cc(OC)c(NC(=O)CNC(=O)c2ccc(C)s2)cc1Cl. The molecule has 2 rings (SSSR count). The Bertz CT molecular complexity index is 761. The minimum Gasteiger partial charge on any atom is -0.495 e. The van der Waals surface area contributed by atoms with E-state index in [1.54, 1.807) is 12.1 Å². The van der Waals surface area contributed by atoms with Crippen molar-refractivity contribution in [3.8, 4) is 11.5 Å². The lowest BCUT2D eigenvalue weighted by atomic mass is 10.2. The minimum atomic E-state index is -0.392. The highest BCUT2D eigenvalue weighted by Gasteiger charge is 2.14. The third kappa shape index (κ3) is 4.39. The van der Waals surface area contributed by atoms with Gasteiger partial charge in [0.2, 0.25) is 5.91 Å². The maximum Gasteiger partial charge on any atom is 0.261 e. The molecule has 0 bridgehead atoms. The summed E-state index contributed by atoms with van der Waals surface area (Å²) in [6.45, 7) is 1.75. The van der Waals surface area contributed by atoms with Gasteiger partial charge in [0.25, 0.3) is 5.91 Å². The molecule has 2 aromatic rings. The van der Waals surface area contributed by atoms with Gasteiger partial charge < -0.3 is 20.1 Å². The van der Waals surface area contributed by atoms with Crippen LogP contribution in [-0.4, -0.2) is 32.6 Å². The van der Waals surface area contributed by atoms with Crippen LogP contribution in [0.2, 0.25) is 5.02 Å². The molecule has 128 valence electrons. The molecule has 0 saturated carbocycles. The summed E-state index contributed by atoms with van der Waals surface area (Å²) in [5, 5.41) is 5.56. The van der Waals surface area contributed by atoms with E-state index in [9.17, 15) is 9.59 Å². The molecule has 2 amide bonds. The summed E-state index contributed by atoms with van der Waals surface area (Å²) >= 11 is 7.42. The number of thiophene rings is 1. The monoisotopic (exact) mass is 368 g/mol. The lowest BCUT2D eigenvalue weighted by molar-refractivity contribution is -0.115. The zero-order chi connectivity index (χ0) is 17.7. The van der Waals surface area contributed by atoms with Gasteiger partial charge in [-0.1, -0.05) is 11.6 Å². The van der Waals surface area contributed by atoms with Crippen molar-refractivity contribution in [1.29, 1.82) is 0 Å². The molecular formula is C16H17ClN2O4S. The smallest absolute Gasteiger partial charge is 0.261 e. The molecule has 1 aromatic heterocycles. The maximum atomic E-state index is 12.0. The third-order valence-corrected chi connectivity index (χ3v) is 4.42. The Labute approximate surface area is 148 Å². The molecule has 8 heteroatoms. The number of rotatable bonds is 6. The second-order valence-electron chi connectivity index (χ2n) is 4.83. The summed E-state index contributed by atoms with van der Waals surface area (Å²) in [4.78, 5) is 25.6. The van der Waals surface area contributed by atoms with Gasteiger partial charge in [0.1, 0.15) is 11.5 Å². The molecule has 0 atom stereocenters. The predicted molar refractivity (Wildman–Crippen MR) is 94.6 cm³/mol. The van der Waals surface area contributed by atoms with Gasteiger partial charge >= 0.3 is 0 Å². The summed E-state index contributed by atoms with van der Waals surface area (Å²) < 4.78 is 10.3. The zero-order valence-electron chi connectivity index (χ0n) is 13.4. The number of hydrogen-bond donors (Lipinski definition) is 2. The molecule has 0 radical (unpaired) electrons. The van der Waals surface area contributed by atoms with E-state index >= 15 is 0 Å². The minimum absolute atomic E-state index is 0.164. The van der Waals surface area contributed by atoms with Crippen molar-refractivity contribution in [2.45, 2.75) is 6.92 Å². The van der Waals surface area contributed by atoms with Crippen LogP contribution >= 0.6 is 22.9 Å². The van der Waals surface area contributed by atoms with Crippen molar-refractivity contribution in [3.05, 3.63) is 39.0 Å². The summed E-state index contributed by atoms with van der Waals surface area (Å²) in [6, 6.07) is 6.68. The van der Waals surface area contributed by atoms with Crippen LogP contribution in [0.25, 0.3) is 0 Å². The summed E-state index contributed by atoms with van der Waals surface area (Å²) in [7, 11) is 2.96. The Hall–Kier alpha value is -2.25. The standard InChI is InChI=1S/C16H17ClN2O4S/c1-9-4-5-14(24-9)16(21)18-8-15(20)19-11-6-10(17)12(22-2)7-13(11)23-3/h4-7H,8H2,1-3H3,(H,18,21)(H,19,20). The molecule has 0 saturated heterocycles. The molecule has 0 aliphatic carbocycles. The number of aryl methyl sites for hydroxylation is 1. The van der Waals surface area contributed by atoms with Gasteiger partial charge in [-0.3, -0.25) is 9.59 Å². The van der Waals surface area contributed by atoms with Crippen molar-refractivity contribution in [2.75, 3.05) is 26.1 Å². The van der Waals surface area contributed by atoms with E-state index < -0.39 is 5.91 Å². The lowest BCUT2D eigenvalue weighted by Crippen LogP contribution is -2.32. The van der Waals surface area contributed by atoms with Crippen molar-refractivity contribution >= 4 is 40.4 Å². The van der Waals surface area contributed by atoms with Crippen molar-refractivity contribution in [2.24, 2.45) is 0 Å². The number of carbonyl (C=O) groups is 2. The van der Waals surface area contributed by atoms with Crippen molar-refractivity contribution < 1.29 is 19.1 Å². The highest BCUT2D eigenvalue weighted by Crippen LogP contribution is 2.35. The van der Waals surface area contributed by atoms with E-state index in [2.05, 4.69) is 10.6 Å². The predicted octanol–water partition coefficient (Wildman–Crippen LogP) is 3.10. The number of nitrogens with one attached hydrogen (secondary N) is 2. The fourth-order valence-corrected chi connectivity index (χ4v) is 2.98. The highest BCUT2D eigenvalue weighted by molar-refractivity contribution is 7.13. The molecule has 6 nitrogen and oxygen atoms in total. The number of amides is 2. The van der Waals surface area contributed by atoms with E-state index in [1.807, 2.05) is 13.0 Å². The van der Waals surface area contributed by atoms with E-state index in [-0.39, 0.29) is 12.5 Å². The molecule has 0 aliphatic heterocycles. The van der Waals surface area contributed by atoms with Crippen LogP contribution in [0, 0.1) is 6.92 Å². The Balaban J connectivity index is 1.99. The van der Waals surface area contributed by atoms with Gasteiger partial charge in [0.15, 0.2) is 0 Å². The number of carbonyl (C=O) groups excluding carboxylic acids is 2. The normalized spacial score (nSPS) is 10.2. The quantitative estimate of drug-likeness (QED) is 0.821. The molecule has 1 heterocycles. The molecule has 0 fully saturated rings. The van der Waals surface area contributed by atoms with Gasteiger partial charge in [-0.05, 0) is 25.1 Å². The first-order valence-corrected chi connectivity index (χ1v) is 8.20. The summed E-state index contributed by atoms with van der Waals surface area (Å²) in [5.41, 5.74) is 0.398. The Morgan fingerprint density at radius 1 is 1.17 bits per heavy atom. The lowest BCUT2D eigenvalue weighted by Gasteiger charge is -2.13. The largest absolute Gasteiger partial charge is 0.495 e. The van der Waals surface area contributed by atoms with E-state index in [1.165, 1.54) is 31.6 Å². The second kappa shape index (κ2) is 8.03. The van der Waals surface area contributed by atoms with Crippen molar-refractivity contribution in [1.82, 2.24) is 5.32 Å². The maximum absolute atomic E-state index is 12.0. The zero-order valence-corrected chi connectivity index (χ0v) is 15.0. The Morgan fingerprint density at radius 2 is 1.88 bits per heavy atom. The van der Waals surface area contributed by atoms with Gasteiger partial charge in [-0.25, -0.2) is 0 Å². The van der Waals surface area contributed by atoms with Gasteiger partial charge in [-0.2, -0.15) is 0 Å². The van der Waals surface area contributed by atoms with Gasteiger partial charge in [0, 0.05) is 10.9 Å². The molecule has 24 heavy (non-hydrogen) atoms. The fourth-order valence-electron chi connectivity index (χ4n) is 1.96. The molecule has 1 aromatic carbocycles. The number of benzene rings is 1. The summed E-state index contributed by atoms with van der Waals surface area (Å²) in [6.07, 6.45) is 0. The average Bonchev–Trinajstić information content (AvgIpc) is 2.99. The first kappa shape index (κ1) is 18.1. The third-order valence-electron chi connectivity index (χ3n) is 3.12. The first-order valence-electron chi connectivity index (χ1n) is 7.00. The van der Waals surface area contributed by atoms with Gasteiger partial charge in [0.05, 0.1) is 36.4 Å². The molecule has 0 spiro atoms. The van der Waals surface area contributed by atoms with E-state index in [4.69, 9.17) is 21.1 Å². The average molecular weight is 369 g/mol. The number of hydrogen-bond acceptors (Lipinski definition) is 5. The topological polar surface area (TPSA) is 76.7 Å². The fraction of sp³-hybridized carbons (Fsp3) is 0.250. The number of methoxy groups -OCH3 is 2. The van der Waals surface area contributed by atoms with E-state index in [0.29, 0.717) is 27.1 Å². The van der Waals surface area contributed by atoms with Crippen LogP contribution < -0.4 is 20.1 Å². The Morgan fingerprint density at radius 3 is 2.46 bits per heavy atom. The van der Waals surface area contributed by atoms with E-state index in [0.717, 1.165) is 4.88 Å². The molecule has 0 unspecified atom stereocenters. The van der Waals surface area contributed by atoms with Crippen LogP contribution in [0.5, 0.6) is 11.5 Å². The number of ether oxygens (including phenoxy) is 2. The molecular weight excluding hydrogens is 352 g/mol.